The lowest BCUT2D eigenvalue weighted by atomic mass is 9.71. The van der Waals surface area contributed by atoms with Gasteiger partial charge in [-0.05, 0) is 37.3 Å². The predicted octanol–water partition coefficient (Wildman–Crippen LogP) is 3.19. The van der Waals surface area contributed by atoms with Crippen LogP contribution in [0.4, 0.5) is 0 Å². The lowest BCUT2D eigenvalue weighted by Crippen LogP contribution is -2.22. The summed E-state index contributed by atoms with van der Waals surface area (Å²) in [7, 11) is 0. The summed E-state index contributed by atoms with van der Waals surface area (Å²) < 4.78 is 6.87. The molecule has 0 unspecified atom stereocenters. The van der Waals surface area contributed by atoms with Gasteiger partial charge in [-0.25, -0.2) is 4.98 Å². The molecule has 3 heterocycles. The molecule has 7 nitrogen and oxygen atoms in total. The number of nitrogens with zero attached hydrogens (tertiary/aromatic N) is 5. The van der Waals surface area contributed by atoms with Gasteiger partial charge in [0.15, 0.2) is 5.82 Å². The molecule has 3 aromatic heterocycles. The van der Waals surface area contributed by atoms with Gasteiger partial charge in [0.25, 0.3) is 5.56 Å². The average Bonchev–Trinajstić information content (AvgIpc) is 3.13. The van der Waals surface area contributed by atoms with Crippen LogP contribution in [-0.4, -0.2) is 24.7 Å². The number of hydrogen-bond acceptors (Lipinski definition) is 6. The molecule has 1 aromatic carbocycles. The van der Waals surface area contributed by atoms with E-state index in [2.05, 4.69) is 51.3 Å². The molecule has 1 aliphatic carbocycles. The lowest BCUT2D eigenvalue weighted by Gasteiger charge is -2.33. The first-order valence-corrected chi connectivity index (χ1v) is 9.35. The Morgan fingerprint density at radius 2 is 1.96 bits per heavy atom. The Balaban J connectivity index is 1.29. The summed E-state index contributed by atoms with van der Waals surface area (Å²) >= 11 is 0. The molecule has 0 N–H and O–H groups in total. The van der Waals surface area contributed by atoms with Crippen LogP contribution in [0.25, 0.3) is 10.9 Å². The third-order valence-corrected chi connectivity index (χ3v) is 5.47. The maximum Gasteiger partial charge on any atom is 0.261 e. The van der Waals surface area contributed by atoms with Crippen LogP contribution in [0.3, 0.4) is 0 Å². The maximum absolute atomic E-state index is 12.6. The lowest BCUT2D eigenvalue weighted by molar-refractivity contribution is 0.315. The van der Waals surface area contributed by atoms with Crippen LogP contribution < -0.4 is 5.56 Å². The van der Waals surface area contributed by atoms with Gasteiger partial charge in [-0.1, -0.05) is 35.0 Å². The van der Waals surface area contributed by atoms with Gasteiger partial charge in [-0.3, -0.25) is 14.3 Å². The van der Waals surface area contributed by atoms with Gasteiger partial charge in [0.1, 0.15) is 6.54 Å². The van der Waals surface area contributed by atoms with Gasteiger partial charge >= 0.3 is 0 Å². The van der Waals surface area contributed by atoms with E-state index in [0.29, 0.717) is 28.6 Å². The minimum absolute atomic E-state index is 0.143. The monoisotopic (exact) mass is 373 g/mol. The van der Waals surface area contributed by atoms with Gasteiger partial charge < -0.3 is 4.52 Å². The Kier molecular flexibility index (Phi) is 4.00. The number of fused-ring (bicyclic) bond motifs is 1. The van der Waals surface area contributed by atoms with E-state index in [0.717, 1.165) is 18.7 Å². The zero-order valence-electron chi connectivity index (χ0n) is 15.4. The number of pyridine rings is 1. The van der Waals surface area contributed by atoms with Crippen molar-refractivity contribution in [3.05, 3.63) is 82.2 Å². The molecule has 0 bridgehead atoms. The fraction of sp³-hybridized carbons (Fsp3) is 0.286. The standard InChI is InChI=1S/C21H19N5O2/c1-13-2-4-14(5-3-13)15-8-16(9-15)20-24-19(28-25-20)11-26-12-23-18-10-22-7-6-17(18)21(26)27/h2-7,10,12,15-16H,8-9,11H2,1H3. The second-order valence-corrected chi connectivity index (χ2v) is 7.39. The second kappa shape index (κ2) is 6.67. The third kappa shape index (κ3) is 2.98. The largest absolute Gasteiger partial charge is 0.337 e. The predicted molar refractivity (Wildman–Crippen MR) is 103 cm³/mol. The molecule has 0 saturated heterocycles. The first kappa shape index (κ1) is 16.8. The Morgan fingerprint density at radius 3 is 2.79 bits per heavy atom. The van der Waals surface area contributed by atoms with E-state index in [9.17, 15) is 4.79 Å². The quantitative estimate of drug-likeness (QED) is 0.546. The van der Waals surface area contributed by atoms with Crippen LogP contribution in [0, 0.1) is 6.92 Å². The topological polar surface area (TPSA) is 86.7 Å². The molecule has 5 rings (SSSR count). The van der Waals surface area contributed by atoms with E-state index in [4.69, 9.17) is 4.52 Å². The Bertz CT molecular complexity index is 1190. The molecule has 7 heteroatoms. The summed E-state index contributed by atoms with van der Waals surface area (Å²) in [6, 6.07) is 10.4. The molecule has 140 valence electrons. The highest BCUT2D eigenvalue weighted by Gasteiger charge is 2.34. The molecular weight excluding hydrogens is 354 g/mol. The van der Waals surface area contributed by atoms with Gasteiger partial charge in [0, 0.05) is 12.1 Å². The van der Waals surface area contributed by atoms with Crippen LogP contribution in [0.2, 0.25) is 0 Å². The van der Waals surface area contributed by atoms with E-state index in [1.807, 2.05) is 0 Å². The summed E-state index contributed by atoms with van der Waals surface area (Å²) in [5.74, 6) is 2.00. The summed E-state index contributed by atoms with van der Waals surface area (Å²) in [6.45, 7) is 2.31. The molecule has 0 atom stereocenters. The Hall–Kier alpha value is -3.35. The van der Waals surface area contributed by atoms with Crippen LogP contribution in [-0.2, 0) is 6.54 Å². The first-order valence-electron chi connectivity index (χ1n) is 9.35. The van der Waals surface area contributed by atoms with E-state index < -0.39 is 0 Å². The van der Waals surface area contributed by atoms with Crippen LogP contribution in [0.5, 0.6) is 0 Å². The molecule has 1 fully saturated rings. The summed E-state index contributed by atoms with van der Waals surface area (Å²) in [5.41, 5.74) is 3.08. The molecule has 0 aliphatic heterocycles. The van der Waals surface area contributed by atoms with Gasteiger partial charge in [-0.15, -0.1) is 0 Å². The fourth-order valence-electron chi connectivity index (χ4n) is 3.70. The summed E-state index contributed by atoms with van der Waals surface area (Å²) in [4.78, 5) is 25.3. The van der Waals surface area contributed by atoms with E-state index in [-0.39, 0.29) is 12.1 Å². The van der Waals surface area contributed by atoms with Crippen molar-refractivity contribution >= 4 is 10.9 Å². The summed E-state index contributed by atoms with van der Waals surface area (Å²) in [6.07, 6.45) is 6.70. The van der Waals surface area contributed by atoms with Crippen molar-refractivity contribution in [2.45, 2.75) is 38.1 Å². The van der Waals surface area contributed by atoms with Crippen molar-refractivity contribution in [2.24, 2.45) is 0 Å². The van der Waals surface area contributed by atoms with Gasteiger partial charge in [-0.2, -0.15) is 4.98 Å². The molecule has 4 aromatic rings. The normalized spacial score (nSPS) is 18.9. The molecule has 0 amide bonds. The second-order valence-electron chi connectivity index (χ2n) is 7.39. The van der Waals surface area contributed by atoms with Gasteiger partial charge in [0.2, 0.25) is 5.89 Å². The number of hydrogen-bond donors (Lipinski definition) is 0. The molecule has 28 heavy (non-hydrogen) atoms. The highest BCUT2D eigenvalue weighted by atomic mass is 16.5. The smallest absolute Gasteiger partial charge is 0.261 e. The van der Waals surface area contributed by atoms with Crippen molar-refractivity contribution in [3.63, 3.8) is 0 Å². The van der Waals surface area contributed by atoms with E-state index in [1.165, 1.54) is 22.0 Å². The molecular formula is C21H19N5O2. The number of rotatable bonds is 4. The Morgan fingerprint density at radius 1 is 1.14 bits per heavy atom. The average molecular weight is 373 g/mol. The number of aryl methyl sites for hydroxylation is 1. The first-order chi connectivity index (χ1) is 13.7. The molecule has 1 saturated carbocycles. The van der Waals surface area contributed by atoms with Crippen LogP contribution in [0.1, 0.15) is 47.5 Å². The van der Waals surface area contributed by atoms with E-state index in [1.54, 1.807) is 18.5 Å². The third-order valence-electron chi connectivity index (χ3n) is 5.47. The fourth-order valence-corrected chi connectivity index (χ4v) is 3.70. The maximum atomic E-state index is 12.6. The highest BCUT2D eigenvalue weighted by Crippen LogP contribution is 2.46. The summed E-state index contributed by atoms with van der Waals surface area (Å²) in [5, 5.41) is 4.66. The van der Waals surface area contributed by atoms with E-state index >= 15 is 0 Å². The Labute approximate surface area is 161 Å². The van der Waals surface area contributed by atoms with Crippen LogP contribution in [0.15, 0.2) is 58.4 Å². The molecule has 0 spiro atoms. The molecule has 0 radical (unpaired) electrons. The van der Waals surface area contributed by atoms with Crippen molar-refractivity contribution in [2.75, 3.05) is 0 Å². The number of benzene rings is 1. The minimum atomic E-state index is -0.143. The van der Waals surface area contributed by atoms with Crippen molar-refractivity contribution in [3.8, 4) is 0 Å². The highest BCUT2D eigenvalue weighted by molar-refractivity contribution is 5.75. The number of aromatic nitrogens is 5. The molecule has 1 aliphatic rings. The zero-order chi connectivity index (χ0) is 19.1. The van der Waals surface area contributed by atoms with Crippen molar-refractivity contribution < 1.29 is 4.52 Å². The van der Waals surface area contributed by atoms with Crippen molar-refractivity contribution in [1.29, 1.82) is 0 Å². The SMILES string of the molecule is Cc1ccc(C2CC(c3noc(Cn4cnc5cnccc5c4=O)n3)C2)cc1. The minimum Gasteiger partial charge on any atom is -0.337 e. The van der Waals surface area contributed by atoms with Crippen LogP contribution >= 0.6 is 0 Å². The van der Waals surface area contributed by atoms with Crippen molar-refractivity contribution in [1.82, 2.24) is 24.7 Å². The van der Waals surface area contributed by atoms with Gasteiger partial charge in [0.05, 0.1) is 23.4 Å². The zero-order valence-corrected chi connectivity index (χ0v) is 15.4.